The number of benzene rings is 2. The zero-order valence-corrected chi connectivity index (χ0v) is 20.1. The number of carbonyl (C=O) groups excluding carboxylic acids is 1. The molecular weight excluding hydrogens is 437 g/mol. The molecule has 31 heavy (non-hydrogen) atoms. The quantitative estimate of drug-likeness (QED) is 0.562. The van der Waals surface area contributed by atoms with Crippen LogP contribution in [-0.4, -0.2) is 36.4 Å². The first-order chi connectivity index (χ1) is 14.7. The van der Waals surface area contributed by atoms with Gasteiger partial charge < -0.3 is 20.3 Å². The van der Waals surface area contributed by atoms with Crippen LogP contribution in [0.5, 0.6) is 5.75 Å². The molecule has 3 atom stereocenters. The molecule has 0 amide bonds. The highest BCUT2D eigenvalue weighted by Crippen LogP contribution is 2.26. The van der Waals surface area contributed by atoms with E-state index in [1.807, 2.05) is 52.0 Å². The Bertz CT molecular complexity index is 778. The van der Waals surface area contributed by atoms with E-state index in [2.05, 4.69) is 0 Å². The third-order valence-electron chi connectivity index (χ3n) is 4.49. The van der Waals surface area contributed by atoms with Crippen LogP contribution in [0.3, 0.4) is 0 Å². The SMILES string of the molecule is CC.CC1CC(Cc2ccc(Cl)cc2Cl)COC[C@H](N)C(=O)O1.Cc1ccc(O)cc1. The van der Waals surface area contributed by atoms with E-state index in [-0.39, 0.29) is 18.6 Å². The Morgan fingerprint density at radius 3 is 2.32 bits per heavy atom. The molecule has 0 bridgehead atoms. The minimum atomic E-state index is -0.717. The molecule has 2 unspecified atom stereocenters. The summed E-state index contributed by atoms with van der Waals surface area (Å²) in [6.45, 7) is 8.55. The fraction of sp³-hybridized carbons (Fsp3) is 0.458. The van der Waals surface area contributed by atoms with Crippen LogP contribution in [0.2, 0.25) is 10.0 Å². The van der Waals surface area contributed by atoms with Gasteiger partial charge in [0.15, 0.2) is 0 Å². The van der Waals surface area contributed by atoms with Gasteiger partial charge in [-0.15, -0.1) is 0 Å². The molecule has 0 aliphatic carbocycles. The van der Waals surface area contributed by atoms with E-state index in [9.17, 15) is 4.79 Å². The first kappa shape index (κ1) is 27.2. The smallest absolute Gasteiger partial charge is 0.325 e. The van der Waals surface area contributed by atoms with Gasteiger partial charge in [0.25, 0.3) is 0 Å². The van der Waals surface area contributed by atoms with Gasteiger partial charge in [-0.05, 0) is 62.4 Å². The summed E-state index contributed by atoms with van der Waals surface area (Å²) in [6, 6.07) is 11.8. The van der Waals surface area contributed by atoms with E-state index in [0.29, 0.717) is 28.8 Å². The summed E-state index contributed by atoms with van der Waals surface area (Å²) < 4.78 is 10.8. The first-order valence-corrected chi connectivity index (χ1v) is 11.2. The fourth-order valence-corrected chi connectivity index (χ4v) is 3.47. The number of aryl methyl sites for hydroxylation is 1. The molecule has 7 heteroatoms. The van der Waals surface area contributed by atoms with Gasteiger partial charge in [0.2, 0.25) is 0 Å². The number of phenolic OH excluding ortho intramolecular Hbond substituents is 1. The highest BCUT2D eigenvalue weighted by Gasteiger charge is 2.24. The summed E-state index contributed by atoms with van der Waals surface area (Å²) in [5, 5.41) is 10.0. The summed E-state index contributed by atoms with van der Waals surface area (Å²) in [4.78, 5) is 11.6. The maximum absolute atomic E-state index is 11.6. The Morgan fingerprint density at radius 1 is 1.10 bits per heavy atom. The summed E-state index contributed by atoms with van der Waals surface area (Å²) in [7, 11) is 0. The molecule has 0 spiro atoms. The fourth-order valence-electron chi connectivity index (χ4n) is 2.99. The molecule has 0 saturated carbocycles. The molecular formula is C24H33Cl2NO4. The van der Waals surface area contributed by atoms with E-state index in [0.717, 1.165) is 12.0 Å². The Balaban J connectivity index is 0.000000400. The predicted octanol–water partition coefficient (Wildman–Crippen LogP) is 5.56. The number of ether oxygens (including phenoxy) is 2. The molecule has 3 N–H and O–H groups in total. The van der Waals surface area contributed by atoms with E-state index in [1.54, 1.807) is 18.2 Å². The van der Waals surface area contributed by atoms with Gasteiger partial charge in [-0.3, -0.25) is 4.79 Å². The van der Waals surface area contributed by atoms with Gasteiger partial charge >= 0.3 is 5.97 Å². The van der Waals surface area contributed by atoms with Crippen molar-refractivity contribution in [2.75, 3.05) is 13.2 Å². The van der Waals surface area contributed by atoms with Gasteiger partial charge in [-0.25, -0.2) is 0 Å². The molecule has 1 aliphatic heterocycles. The molecule has 1 heterocycles. The molecule has 1 saturated heterocycles. The highest BCUT2D eigenvalue weighted by atomic mass is 35.5. The lowest BCUT2D eigenvalue weighted by molar-refractivity contribution is -0.150. The van der Waals surface area contributed by atoms with Crippen LogP contribution in [0.4, 0.5) is 0 Å². The van der Waals surface area contributed by atoms with Crippen LogP contribution < -0.4 is 5.73 Å². The second-order valence-corrected chi connectivity index (χ2v) is 8.11. The molecule has 2 aromatic carbocycles. The maximum Gasteiger partial charge on any atom is 0.325 e. The van der Waals surface area contributed by atoms with Gasteiger partial charge in [0, 0.05) is 16.7 Å². The van der Waals surface area contributed by atoms with Crippen molar-refractivity contribution in [2.45, 2.75) is 52.7 Å². The van der Waals surface area contributed by atoms with Crippen LogP contribution in [0.1, 0.15) is 38.3 Å². The van der Waals surface area contributed by atoms with Crippen molar-refractivity contribution in [3.05, 3.63) is 63.6 Å². The Kier molecular flexibility index (Phi) is 12.6. The highest BCUT2D eigenvalue weighted by molar-refractivity contribution is 6.35. The number of hydrogen-bond acceptors (Lipinski definition) is 5. The second kappa shape index (κ2) is 14.3. The minimum absolute atomic E-state index is 0.177. The number of aromatic hydroxyl groups is 1. The van der Waals surface area contributed by atoms with Crippen LogP contribution in [0.25, 0.3) is 0 Å². The van der Waals surface area contributed by atoms with E-state index >= 15 is 0 Å². The zero-order chi connectivity index (χ0) is 23.4. The van der Waals surface area contributed by atoms with Crippen molar-refractivity contribution in [1.82, 2.24) is 0 Å². The van der Waals surface area contributed by atoms with Gasteiger partial charge in [0.1, 0.15) is 11.8 Å². The minimum Gasteiger partial charge on any atom is -0.508 e. The number of phenols is 1. The van der Waals surface area contributed by atoms with Gasteiger partial charge in [-0.1, -0.05) is 60.8 Å². The first-order valence-electron chi connectivity index (χ1n) is 10.5. The summed E-state index contributed by atoms with van der Waals surface area (Å²) >= 11 is 12.1. The monoisotopic (exact) mass is 469 g/mol. The molecule has 1 fully saturated rings. The van der Waals surface area contributed by atoms with Crippen molar-refractivity contribution in [2.24, 2.45) is 11.7 Å². The lowest BCUT2D eigenvalue weighted by atomic mass is 9.94. The molecule has 0 aromatic heterocycles. The van der Waals surface area contributed by atoms with Crippen LogP contribution in [0, 0.1) is 12.8 Å². The molecule has 172 valence electrons. The van der Waals surface area contributed by atoms with Crippen LogP contribution in [0.15, 0.2) is 42.5 Å². The predicted molar refractivity (Wildman–Crippen MR) is 127 cm³/mol. The standard InChI is InChI=1S/C15H19Cl2NO3.C7H8O.C2H6/c1-9-4-10(7-20-8-14(18)15(19)21-9)5-11-2-3-12(16)6-13(11)17;1-6-2-4-7(8)5-3-6;1-2/h2-3,6,9-10,14H,4-5,7-8,18H2,1H3;2-5,8H,1H3;1-2H3/t9?,10?,14-;;/m0../s1. The summed E-state index contributed by atoms with van der Waals surface area (Å²) in [5.74, 6) is 0.125. The average molecular weight is 470 g/mol. The van der Waals surface area contributed by atoms with Crippen LogP contribution in [-0.2, 0) is 20.7 Å². The normalized spacial score (nSPS) is 21.1. The summed E-state index contributed by atoms with van der Waals surface area (Å²) in [5.41, 5.74) is 7.86. The molecule has 1 aliphatic rings. The number of carbonyl (C=O) groups is 1. The van der Waals surface area contributed by atoms with Crippen molar-refractivity contribution < 1.29 is 19.4 Å². The third kappa shape index (κ3) is 10.4. The average Bonchev–Trinajstić information content (AvgIpc) is 2.78. The summed E-state index contributed by atoms with van der Waals surface area (Å²) in [6.07, 6.45) is 1.26. The van der Waals surface area contributed by atoms with Crippen molar-refractivity contribution in [3.8, 4) is 5.75 Å². The maximum atomic E-state index is 11.6. The lowest BCUT2D eigenvalue weighted by Gasteiger charge is -2.20. The van der Waals surface area contributed by atoms with Gasteiger partial charge in [0.05, 0.1) is 12.7 Å². The number of nitrogens with two attached hydrogens (primary N) is 1. The van der Waals surface area contributed by atoms with Crippen molar-refractivity contribution in [3.63, 3.8) is 0 Å². The molecule has 5 nitrogen and oxygen atoms in total. The lowest BCUT2D eigenvalue weighted by Crippen LogP contribution is -2.37. The van der Waals surface area contributed by atoms with Gasteiger partial charge in [-0.2, -0.15) is 0 Å². The zero-order valence-electron chi connectivity index (χ0n) is 18.6. The largest absolute Gasteiger partial charge is 0.508 e. The third-order valence-corrected chi connectivity index (χ3v) is 5.08. The molecule has 0 radical (unpaired) electrons. The van der Waals surface area contributed by atoms with E-state index < -0.39 is 12.0 Å². The number of halogens is 2. The van der Waals surface area contributed by atoms with Crippen LogP contribution >= 0.6 is 23.2 Å². The number of rotatable bonds is 2. The number of esters is 1. The topological polar surface area (TPSA) is 81.8 Å². The second-order valence-electron chi connectivity index (χ2n) is 7.27. The molecule has 3 rings (SSSR count). The Labute approximate surface area is 195 Å². The van der Waals surface area contributed by atoms with E-state index in [4.69, 9.17) is 43.5 Å². The number of hydrogen-bond donors (Lipinski definition) is 2. The Morgan fingerprint density at radius 2 is 1.74 bits per heavy atom. The van der Waals surface area contributed by atoms with Crippen molar-refractivity contribution >= 4 is 29.2 Å². The molecule has 2 aromatic rings. The van der Waals surface area contributed by atoms with E-state index in [1.165, 1.54) is 5.56 Å². The Hall–Kier alpha value is -1.79. The van der Waals surface area contributed by atoms with Crippen molar-refractivity contribution in [1.29, 1.82) is 0 Å². The number of cyclic esters (lactones) is 1.